The molecule has 0 fully saturated rings. The van der Waals surface area contributed by atoms with Gasteiger partial charge in [-0.2, -0.15) is 0 Å². The van der Waals surface area contributed by atoms with E-state index in [2.05, 4.69) is 33.0 Å². The third kappa shape index (κ3) is 6.69. The van der Waals surface area contributed by atoms with Gasteiger partial charge in [-0.25, -0.2) is 0 Å². The van der Waals surface area contributed by atoms with Crippen LogP contribution in [0.3, 0.4) is 0 Å². The molecule has 2 atom stereocenters. The average Bonchev–Trinajstić information content (AvgIpc) is 2.60. The summed E-state index contributed by atoms with van der Waals surface area (Å²) in [4.78, 5) is 12.8. The summed E-state index contributed by atoms with van der Waals surface area (Å²) in [6.07, 6.45) is 4.77. The van der Waals surface area contributed by atoms with Gasteiger partial charge in [-0.1, -0.05) is 33.6 Å². The van der Waals surface area contributed by atoms with Crippen LogP contribution in [0.25, 0.3) is 0 Å². The molecule has 1 aromatic rings. The van der Waals surface area contributed by atoms with Gasteiger partial charge in [0, 0.05) is 12.3 Å². The van der Waals surface area contributed by atoms with Crippen LogP contribution >= 0.6 is 0 Å². The fourth-order valence-corrected chi connectivity index (χ4v) is 2.52. The zero-order valence-corrected chi connectivity index (χ0v) is 16.8. The standard InChI is InChI=1S/C21H35NO3/c1-7-10-13-21(6,24-14-8-2)20(23)22-18-11-12-19(16(4)15-18)25-17(5)9-3/h11-12,15,17H,7-10,13-14H2,1-6H3,(H,22,23)/t17-,21+/m1/s1. The molecule has 0 radical (unpaired) electrons. The number of ether oxygens (including phenoxy) is 2. The molecule has 0 bridgehead atoms. The number of nitrogens with one attached hydrogen (secondary N) is 1. The van der Waals surface area contributed by atoms with Gasteiger partial charge in [0.2, 0.25) is 0 Å². The Morgan fingerprint density at radius 2 is 1.96 bits per heavy atom. The van der Waals surface area contributed by atoms with E-state index in [9.17, 15) is 4.79 Å². The second-order valence-corrected chi connectivity index (χ2v) is 6.95. The van der Waals surface area contributed by atoms with Crippen molar-refractivity contribution in [2.24, 2.45) is 0 Å². The number of benzene rings is 1. The minimum atomic E-state index is -0.786. The highest BCUT2D eigenvalue weighted by Gasteiger charge is 2.33. The molecule has 0 aliphatic rings. The highest BCUT2D eigenvalue weighted by molar-refractivity contribution is 5.97. The topological polar surface area (TPSA) is 47.6 Å². The molecule has 25 heavy (non-hydrogen) atoms. The maximum absolute atomic E-state index is 12.8. The zero-order valence-electron chi connectivity index (χ0n) is 16.8. The van der Waals surface area contributed by atoms with Crippen LogP contribution in [0, 0.1) is 6.92 Å². The number of carbonyl (C=O) groups is 1. The van der Waals surface area contributed by atoms with Gasteiger partial charge in [-0.05, 0) is 63.8 Å². The van der Waals surface area contributed by atoms with Crippen molar-refractivity contribution in [3.05, 3.63) is 23.8 Å². The lowest BCUT2D eigenvalue weighted by Crippen LogP contribution is -2.43. The molecule has 0 spiro atoms. The first kappa shape index (κ1) is 21.5. The lowest BCUT2D eigenvalue weighted by atomic mass is 9.97. The summed E-state index contributed by atoms with van der Waals surface area (Å²) < 4.78 is 11.8. The molecule has 1 rings (SSSR count). The third-order valence-electron chi connectivity index (χ3n) is 4.45. The van der Waals surface area contributed by atoms with Gasteiger partial charge >= 0.3 is 0 Å². The third-order valence-corrected chi connectivity index (χ3v) is 4.45. The predicted molar refractivity (Wildman–Crippen MR) is 104 cm³/mol. The van der Waals surface area contributed by atoms with Gasteiger partial charge < -0.3 is 14.8 Å². The Morgan fingerprint density at radius 3 is 2.52 bits per heavy atom. The van der Waals surface area contributed by atoms with Gasteiger partial charge in [0.05, 0.1) is 6.10 Å². The normalized spacial score (nSPS) is 14.6. The first-order chi connectivity index (χ1) is 11.9. The summed E-state index contributed by atoms with van der Waals surface area (Å²) in [5.41, 5.74) is 1.01. The number of aryl methyl sites for hydroxylation is 1. The molecule has 0 aliphatic heterocycles. The molecule has 1 aromatic carbocycles. The monoisotopic (exact) mass is 349 g/mol. The fraction of sp³-hybridized carbons (Fsp3) is 0.667. The zero-order chi connectivity index (χ0) is 18.9. The van der Waals surface area contributed by atoms with Gasteiger partial charge in [0.1, 0.15) is 11.4 Å². The van der Waals surface area contributed by atoms with Gasteiger partial charge in [0.15, 0.2) is 0 Å². The summed E-state index contributed by atoms with van der Waals surface area (Å²) >= 11 is 0. The van der Waals surface area contributed by atoms with E-state index in [0.29, 0.717) is 6.61 Å². The second-order valence-electron chi connectivity index (χ2n) is 6.95. The van der Waals surface area contributed by atoms with Crippen molar-refractivity contribution >= 4 is 11.6 Å². The Bertz CT molecular complexity index is 534. The lowest BCUT2D eigenvalue weighted by Gasteiger charge is -2.28. The van der Waals surface area contributed by atoms with Crippen LogP contribution in [0.4, 0.5) is 5.69 Å². The van der Waals surface area contributed by atoms with Crippen LogP contribution in [0.2, 0.25) is 0 Å². The number of hydrogen-bond donors (Lipinski definition) is 1. The molecular weight excluding hydrogens is 314 g/mol. The first-order valence-corrected chi connectivity index (χ1v) is 9.59. The van der Waals surface area contributed by atoms with Crippen LogP contribution in [0.1, 0.15) is 72.3 Å². The summed E-state index contributed by atoms with van der Waals surface area (Å²) in [5, 5.41) is 3.02. The van der Waals surface area contributed by atoms with Crippen molar-refractivity contribution in [2.45, 2.75) is 85.4 Å². The van der Waals surface area contributed by atoms with E-state index in [1.54, 1.807) is 0 Å². The summed E-state index contributed by atoms with van der Waals surface area (Å²) in [5.74, 6) is 0.785. The van der Waals surface area contributed by atoms with E-state index >= 15 is 0 Å². The van der Waals surface area contributed by atoms with Gasteiger partial charge in [-0.3, -0.25) is 4.79 Å². The van der Waals surface area contributed by atoms with Crippen LogP contribution in [-0.4, -0.2) is 24.2 Å². The van der Waals surface area contributed by atoms with Crippen molar-refractivity contribution in [3.8, 4) is 5.75 Å². The Hall–Kier alpha value is -1.55. The van der Waals surface area contributed by atoms with E-state index in [4.69, 9.17) is 9.47 Å². The van der Waals surface area contributed by atoms with E-state index in [-0.39, 0.29) is 12.0 Å². The molecule has 1 N–H and O–H groups in total. The molecule has 4 nitrogen and oxygen atoms in total. The van der Waals surface area contributed by atoms with Gasteiger partial charge in [-0.15, -0.1) is 0 Å². The molecule has 0 aliphatic carbocycles. The lowest BCUT2D eigenvalue weighted by molar-refractivity contribution is -0.140. The van der Waals surface area contributed by atoms with Crippen molar-refractivity contribution < 1.29 is 14.3 Å². The van der Waals surface area contributed by atoms with Crippen LogP contribution in [0.5, 0.6) is 5.75 Å². The van der Waals surface area contributed by atoms with Crippen molar-refractivity contribution in [1.29, 1.82) is 0 Å². The van der Waals surface area contributed by atoms with Crippen molar-refractivity contribution in [2.75, 3.05) is 11.9 Å². The maximum Gasteiger partial charge on any atom is 0.256 e. The number of carbonyl (C=O) groups excluding carboxylic acids is 1. The summed E-state index contributed by atoms with van der Waals surface area (Å²) in [6.45, 7) is 12.8. The molecular formula is C21H35NO3. The van der Waals surface area contributed by atoms with E-state index in [0.717, 1.165) is 49.1 Å². The molecule has 0 aromatic heterocycles. The molecule has 142 valence electrons. The van der Waals surface area contributed by atoms with Crippen LogP contribution in [0.15, 0.2) is 18.2 Å². The number of hydrogen-bond acceptors (Lipinski definition) is 3. The largest absolute Gasteiger partial charge is 0.490 e. The molecule has 0 saturated carbocycles. The van der Waals surface area contributed by atoms with Crippen LogP contribution in [-0.2, 0) is 9.53 Å². The maximum atomic E-state index is 12.8. The minimum absolute atomic E-state index is 0.0793. The number of unbranched alkanes of at least 4 members (excludes halogenated alkanes) is 1. The number of rotatable bonds is 11. The molecule has 0 saturated heterocycles. The highest BCUT2D eigenvalue weighted by atomic mass is 16.5. The van der Waals surface area contributed by atoms with Gasteiger partial charge in [0.25, 0.3) is 5.91 Å². The summed E-state index contributed by atoms with van der Waals surface area (Å²) in [6, 6.07) is 5.77. The van der Waals surface area contributed by atoms with Crippen molar-refractivity contribution in [3.63, 3.8) is 0 Å². The Kier molecular flexibility index (Phi) is 8.98. The van der Waals surface area contributed by atoms with Crippen molar-refractivity contribution in [1.82, 2.24) is 0 Å². The van der Waals surface area contributed by atoms with E-state index in [1.807, 2.05) is 32.0 Å². The molecule has 0 heterocycles. The highest BCUT2D eigenvalue weighted by Crippen LogP contribution is 2.26. The Balaban J connectivity index is 2.83. The number of anilines is 1. The first-order valence-electron chi connectivity index (χ1n) is 9.59. The fourth-order valence-electron chi connectivity index (χ4n) is 2.52. The second kappa shape index (κ2) is 10.4. The minimum Gasteiger partial charge on any atom is -0.490 e. The van der Waals surface area contributed by atoms with E-state index in [1.165, 1.54) is 0 Å². The molecule has 4 heteroatoms. The molecule has 1 amide bonds. The SMILES string of the molecule is CCCC[C@](C)(OCCC)C(=O)Nc1ccc(O[C@H](C)CC)c(C)c1. The van der Waals surface area contributed by atoms with E-state index < -0.39 is 5.60 Å². The smallest absolute Gasteiger partial charge is 0.256 e. The average molecular weight is 350 g/mol. The molecule has 0 unspecified atom stereocenters. The Labute approximate surface area is 153 Å². The van der Waals surface area contributed by atoms with Crippen LogP contribution < -0.4 is 10.1 Å². The number of amides is 1. The summed E-state index contributed by atoms with van der Waals surface area (Å²) in [7, 11) is 0. The predicted octanol–water partition coefficient (Wildman–Crippen LogP) is 5.49. The Morgan fingerprint density at radius 1 is 1.24 bits per heavy atom. The quantitative estimate of drug-likeness (QED) is 0.575.